The topological polar surface area (TPSA) is 58.6 Å². The van der Waals surface area contributed by atoms with Crippen LogP contribution in [0.5, 0.6) is 5.75 Å². The molecule has 1 heterocycles. The number of ether oxygens (including phenoxy) is 1. The molecule has 1 N–H and O–H groups in total. The van der Waals surface area contributed by atoms with Gasteiger partial charge in [0.05, 0.1) is 13.0 Å². The van der Waals surface area contributed by atoms with Gasteiger partial charge in [-0.05, 0) is 42.0 Å². The molecule has 25 heavy (non-hydrogen) atoms. The van der Waals surface area contributed by atoms with E-state index in [4.69, 9.17) is 16.3 Å². The molecule has 1 aliphatic heterocycles. The van der Waals surface area contributed by atoms with Crippen molar-refractivity contribution in [2.45, 2.75) is 13.0 Å². The summed E-state index contributed by atoms with van der Waals surface area (Å²) >= 11 is 5.88. The summed E-state index contributed by atoms with van der Waals surface area (Å²) in [7, 11) is 1.60. The Balaban J connectivity index is 1.59. The molecular formula is C19H19ClN2O3. The third-order valence-corrected chi connectivity index (χ3v) is 4.49. The normalized spacial score (nSPS) is 16.8. The van der Waals surface area contributed by atoms with E-state index in [9.17, 15) is 9.59 Å². The number of benzene rings is 2. The molecule has 0 bridgehead atoms. The van der Waals surface area contributed by atoms with E-state index in [1.807, 2.05) is 24.3 Å². The van der Waals surface area contributed by atoms with E-state index in [1.54, 1.807) is 36.3 Å². The lowest BCUT2D eigenvalue weighted by Crippen LogP contribution is -2.32. The largest absolute Gasteiger partial charge is 0.497 e. The van der Waals surface area contributed by atoms with Crippen molar-refractivity contribution in [2.24, 2.45) is 5.92 Å². The Bertz CT molecular complexity index is 776. The Hall–Kier alpha value is -2.53. The van der Waals surface area contributed by atoms with Crippen LogP contribution in [-0.4, -0.2) is 25.5 Å². The van der Waals surface area contributed by atoms with Crippen molar-refractivity contribution < 1.29 is 14.3 Å². The summed E-state index contributed by atoms with van der Waals surface area (Å²) < 4.78 is 5.17. The van der Waals surface area contributed by atoms with E-state index >= 15 is 0 Å². The van der Waals surface area contributed by atoms with Crippen LogP contribution in [0.25, 0.3) is 0 Å². The molecule has 0 aliphatic carbocycles. The number of hydrogen-bond donors (Lipinski definition) is 1. The van der Waals surface area contributed by atoms with Gasteiger partial charge in [-0.2, -0.15) is 0 Å². The highest BCUT2D eigenvalue weighted by Crippen LogP contribution is 2.26. The van der Waals surface area contributed by atoms with E-state index < -0.39 is 0 Å². The fraction of sp³-hybridized carbons (Fsp3) is 0.263. The number of anilines is 1. The molecule has 0 saturated carbocycles. The highest BCUT2D eigenvalue weighted by Gasteiger charge is 2.34. The average Bonchev–Trinajstić information content (AvgIpc) is 3.02. The van der Waals surface area contributed by atoms with E-state index in [0.29, 0.717) is 18.1 Å². The molecule has 1 fully saturated rings. The second-order valence-electron chi connectivity index (χ2n) is 5.95. The summed E-state index contributed by atoms with van der Waals surface area (Å²) in [6, 6.07) is 14.6. The number of nitrogens with zero attached hydrogens (tertiary/aromatic N) is 1. The minimum Gasteiger partial charge on any atom is -0.497 e. The minimum atomic E-state index is -0.353. The van der Waals surface area contributed by atoms with Crippen LogP contribution in [0.3, 0.4) is 0 Å². The molecule has 2 amide bonds. The first kappa shape index (κ1) is 17.3. The van der Waals surface area contributed by atoms with Crippen molar-refractivity contribution >= 4 is 29.1 Å². The number of rotatable bonds is 5. The van der Waals surface area contributed by atoms with Crippen molar-refractivity contribution in [1.29, 1.82) is 0 Å². The molecule has 5 nitrogen and oxygen atoms in total. The number of methoxy groups -OCH3 is 1. The van der Waals surface area contributed by atoms with E-state index in [2.05, 4.69) is 5.32 Å². The van der Waals surface area contributed by atoms with Gasteiger partial charge < -0.3 is 15.0 Å². The molecule has 1 saturated heterocycles. The predicted molar refractivity (Wildman–Crippen MR) is 96.8 cm³/mol. The first-order valence-corrected chi connectivity index (χ1v) is 8.41. The number of nitrogens with one attached hydrogen (secondary N) is 1. The molecule has 2 aromatic carbocycles. The summed E-state index contributed by atoms with van der Waals surface area (Å²) in [5.41, 5.74) is 1.71. The number of halogens is 1. The van der Waals surface area contributed by atoms with E-state index in [-0.39, 0.29) is 24.2 Å². The maximum absolute atomic E-state index is 12.4. The lowest BCUT2D eigenvalue weighted by Gasteiger charge is -2.16. The zero-order valence-electron chi connectivity index (χ0n) is 13.9. The summed E-state index contributed by atoms with van der Waals surface area (Å²) in [6.07, 6.45) is 0.215. The fourth-order valence-electron chi connectivity index (χ4n) is 2.87. The van der Waals surface area contributed by atoms with Crippen LogP contribution in [-0.2, 0) is 16.1 Å². The average molecular weight is 359 g/mol. The van der Waals surface area contributed by atoms with Gasteiger partial charge >= 0.3 is 0 Å². The highest BCUT2D eigenvalue weighted by molar-refractivity contribution is 6.30. The third-order valence-electron chi connectivity index (χ3n) is 4.24. The van der Waals surface area contributed by atoms with Gasteiger partial charge in [0.2, 0.25) is 11.8 Å². The molecule has 1 atom stereocenters. The lowest BCUT2D eigenvalue weighted by molar-refractivity contribution is -0.126. The predicted octanol–water partition coefficient (Wildman–Crippen LogP) is 3.02. The Kier molecular flexibility index (Phi) is 5.24. The molecule has 1 aliphatic rings. The van der Waals surface area contributed by atoms with Gasteiger partial charge in [-0.25, -0.2) is 0 Å². The first-order chi connectivity index (χ1) is 12.1. The Morgan fingerprint density at radius 1 is 1.28 bits per heavy atom. The van der Waals surface area contributed by atoms with Crippen LogP contribution in [0.4, 0.5) is 5.69 Å². The highest BCUT2D eigenvalue weighted by atomic mass is 35.5. The van der Waals surface area contributed by atoms with Crippen molar-refractivity contribution in [3.8, 4) is 5.75 Å². The van der Waals surface area contributed by atoms with Gasteiger partial charge in [0.1, 0.15) is 5.75 Å². The van der Waals surface area contributed by atoms with Gasteiger partial charge in [-0.15, -0.1) is 0 Å². The van der Waals surface area contributed by atoms with Crippen LogP contribution in [0.1, 0.15) is 12.0 Å². The molecular weight excluding hydrogens is 340 g/mol. The monoisotopic (exact) mass is 358 g/mol. The van der Waals surface area contributed by atoms with Gasteiger partial charge in [-0.1, -0.05) is 23.7 Å². The second kappa shape index (κ2) is 7.57. The number of hydrogen-bond acceptors (Lipinski definition) is 3. The Morgan fingerprint density at radius 2 is 2.04 bits per heavy atom. The molecule has 2 aromatic rings. The zero-order chi connectivity index (χ0) is 17.8. The standard InChI is InChI=1S/C19H19ClN2O3/c1-25-17-4-2-3-13(9-17)11-21-19(24)14-10-18(23)22(12-14)16-7-5-15(20)6-8-16/h2-9,14H,10-12H2,1H3,(H,21,24)/t14-/m0/s1. The summed E-state index contributed by atoms with van der Waals surface area (Å²) in [6.45, 7) is 0.784. The van der Waals surface area contributed by atoms with Gasteiger partial charge in [0, 0.05) is 30.2 Å². The van der Waals surface area contributed by atoms with Crippen LogP contribution >= 0.6 is 11.6 Å². The molecule has 0 radical (unpaired) electrons. The molecule has 0 spiro atoms. The molecule has 0 unspecified atom stereocenters. The van der Waals surface area contributed by atoms with Gasteiger partial charge in [0.25, 0.3) is 0 Å². The first-order valence-electron chi connectivity index (χ1n) is 8.03. The molecule has 0 aromatic heterocycles. The van der Waals surface area contributed by atoms with Crippen LogP contribution < -0.4 is 15.0 Å². The van der Waals surface area contributed by atoms with Crippen LogP contribution in [0, 0.1) is 5.92 Å². The van der Waals surface area contributed by atoms with Crippen molar-refractivity contribution in [2.75, 3.05) is 18.6 Å². The van der Waals surface area contributed by atoms with Crippen LogP contribution in [0.2, 0.25) is 5.02 Å². The van der Waals surface area contributed by atoms with Crippen molar-refractivity contribution in [3.63, 3.8) is 0 Å². The quantitative estimate of drug-likeness (QED) is 0.893. The smallest absolute Gasteiger partial charge is 0.227 e. The number of carbonyl (C=O) groups is 2. The van der Waals surface area contributed by atoms with Crippen LogP contribution in [0.15, 0.2) is 48.5 Å². The minimum absolute atomic E-state index is 0.0520. The molecule has 130 valence electrons. The fourth-order valence-corrected chi connectivity index (χ4v) is 3.00. The van der Waals surface area contributed by atoms with Crippen molar-refractivity contribution in [1.82, 2.24) is 5.32 Å². The lowest BCUT2D eigenvalue weighted by atomic mass is 10.1. The van der Waals surface area contributed by atoms with E-state index in [1.165, 1.54) is 0 Å². The molecule has 6 heteroatoms. The van der Waals surface area contributed by atoms with Gasteiger partial charge in [0.15, 0.2) is 0 Å². The van der Waals surface area contributed by atoms with Crippen molar-refractivity contribution in [3.05, 3.63) is 59.1 Å². The Morgan fingerprint density at radius 3 is 2.76 bits per heavy atom. The maximum Gasteiger partial charge on any atom is 0.227 e. The van der Waals surface area contributed by atoms with Gasteiger partial charge in [-0.3, -0.25) is 9.59 Å². The molecule has 3 rings (SSSR count). The summed E-state index contributed by atoms with van der Waals surface area (Å²) in [4.78, 5) is 26.3. The summed E-state index contributed by atoms with van der Waals surface area (Å²) in [5.74, 6) is 0.224. The Labute approximate surface area is 151 Å². The third kappa shape index (κ3) is 4.12. The zero-order valence-corrected chi connectivity index (χ0v) is 14.6. The summed E-state index contributed by atoms with van der Waals surface area (Å²) in [5, 5.41) is 3.51. The SMILES string of the molecule is COc1cccc(CNC(=O)[C@H]2CC(=O)N(c3ccc(Cl)cc3)C2)c1. The van der Waals surface area contributed by atoms with E-state index in [0.717, 1.165) is 17.0 Å². The number of amides is 2. The second-order valence-corrected chi connectivity index (χ2v) is 6.39. The maximum atomic E-state index is 12.4. The number of carbonyl (C=O) groups excluding carboxylic acids is 2.